The Morgan fingerprint density at radius 3 is 2.42 bits per heavy atom. The molecule has 3 N–H and O–H groups in total. The summed E-state index contributed by atoms with van der Waals surface area (Å²) in [5.41, 5.74) is 7.79. The highest BCUT2D eigenvalue weighted by Crippen LogP contribution is 2.17. The number of rotatable bonds is 9. The van der Waals surface area contributed by atoms with Gasteiger partial charge in [-0.3, -0.25) is 25.2 Å². The van der Waals surface area contributed by atoms with Crippen molar-refractivity contribution in [3.63, 3.8) is 0 Å². The Morgan fingerprint density at radius 2 is 1.68 bits per heavy atom. The molecule has 3 amide bonds. The third-order valence-corrected chi connectivity index (χ3v) is 4.62. The summed E-state index contributed by atoms with van der Waals surface area (Å²) >= 11 is 0. The monoisotopic (exact) mass is 425 g/mol. The van der Waals surface area contributed by atoms with E-state index in [-0.39, 0.29) is 18.7 Å². The smallest absolute Gasteiger partial charge is 0.269 e. The van der Waals surface area contributed by atoms with Crippen LogP contribution < -0.4 is 20.9 Å². The number of hydrogen-bond donors (Lipinski definition) is 3. The Balaban J connectivity index is 1.76. The topological polar surface area (TPSA) is 96.5 Å². The van der Waals surface area contributed by atoms with Crippen LogP contribution in [0.2, 0.25) is 0 Å². The van der Waals surface area contributed by atoms with Crippen LogP contribution in [0.3, 0.4) is 0 Å². The maximum absolute atomic E-state index is 12.3. The molecule has 0 radical (unpaired) electrons. The molecule has 2 aromatic carbocycles. The van der Waals surface area contributed by atoms with Gasteiger partial charge in [0.15, 0.2) is 0 Å². The molecule has 7 heteroatoms. The van der Waals surface area contributed by atoms with Crippen molar-refractivity contribution in [2.45, 2.75) is 47.0 Å². The van der Waals surface area contributed by atoms with Crippen LogP contribution in [-0.4, -0.2) is 24.3 Å². The maximum Gasteiger partial charge on any atom is 0.269 e. The molecule has 0 fully saturated rings. The van der Waals surface area contributed by atoms with E-state index in [1.165, 1.54) is 0 Å². The second-order valence-electron chi connectivity index (χ2n) is 7.93. The summed E-state index contributed by atoms with van der Waals surface area (Å²) < 4.78 is 5.65. The minimum Gasteiger partial charge on any atom is -0.494 e. The van der Waals surface area contributed by atoms with E-state index in [1.54, 1.807) is 24.3 Å². The van der Waals surface area contributed by atoms with Crippen molar-refractivity contribution < 1.29 is 19.1 Å². The first-order valence-electron chi connectivity index (χ1n) is 10.4. The molecule has 0 heterocycles. The first-order valence-corrected chi connectivity index (χ1v) is 10.4. The van der Waals surface area contributed by atoms with Gasteiger partial charge >= 0.3 is 0 Å². The molecular formula is C24H31N3O4. The zero-order valence-electron chi connectivity index (χ0n) is 18.6. The summed E-state index contributed by atoms with van der Waals surface area (Å²) in [5, 5.41) is 2.81. The van der Waals surface area contributed by atoms with Crippen LogP contribution in [-0.2, 0) is 9.59 Å². The number of hydrazine groups is 1. The van der Waals surface area contributed by atoms with Crippen LogP contribution in [0.4, 0.5) is 5.69 Å². The molecule has 0 saturated heterocycles. The quantitative estimate of drug-likeness (QED) is 0.531. The third-order valence-electron chi connectivity index (χ3n) is 4.62. The Labute approximate surface area is 183 Å². The predicted octanol–water partition coefficient (Wildman–Crippen LogP) is 3.91. The van der Waals surface area contributed by atoms with E-state index in [0.717, 1.165) is 23.2 Å². The molecule has 166 valence electrons. The van der Waals surface area contributed by atoms with Gasteiger partial charge in [-0.15, -0.1) is 0 Å². The highest BCUT2D eigenvalue weighted by Gasteiger charge is 2.11. The van der Waals surface area contributed by atoms with Crippen LogP contribution in [0, 0.1) is 19.8 Å². The normalized spacial score (nSPS) is 10.5. The third kappa shape index (κ3) is 8.50. The molecule has 7 nitrogen and oxygen atoms in total. The number of nitrogens with one attached hydrogen (secondary N) is 3. The van der Waals surface area contributed by atoms with Gasteiger partial charge in [-0.25, -0.2) is 0 Å². The molecule has 0 aliphatic heterocycles. The molecule has 0 unspecified atom stereocenters. The summed E-state index contributed by atoms with van der Waals surface area (Å²) in [7, 11) is 0. The lowest BCUT2D eigenvalue weighted by Crippen LogP contribution is -2.41. The van der Waals surface area contributed by atoms with Crippen LogP contribution in [0.15, 0.2) is 42.5 Å². The number of carbonyl (C=O) groups is 3. The number of aryl methyl sites for hydroxylation is 2. The highest BCUT2D eigenvalue weighted by atomic mass is 16.5. The number of benzene rings is 2. The van der Waals surface area contributed by atoms with Crippen molar-refractivity contribution >= 4 is 23.4 Å². The second kappa shape index (κ2) is 11.7. The molecule has 31 heavy (non-hydrogen) atoms. The van der Waals surface area contributed by atoms with Crippen LogP contribution in [0.25, 0.3) is 0 Å². The highest BCUT2D eigenvalue weighted by molar-refractivity contribution is 5.97. The van der Waals surface area contributed by atoms with Gasteiger partial charge in [0.05, 0.1) is 6.61 Å². The minimum absolute atomic E-state index is 0.00820. The SMILES string of the molecule is Cc1ccc(C)c(NC(=O)CCC(=O)NNC(=O)c2cccc(OCCC(C)C)c2)c1. The van der Waals surface area contributed by atoms with Gasteiger partial charge < -0.3 is 10.1 Å². The van der Waals surface area contributed by atoms with E-state index >= 15 is 0 Å². The second-order valence-corrected chi connectivity index (χ2v) is 7.93. The first-order chi connectivity index (χ1) is 14.7. The summed E-state index contributed by atoms with van der Waals surface area (Å²) in [6.45, 7) is 8.65. The van der Waals surface area contributed by atoms with Crippen molar-refractivity contribution in [2.75, 3.05) is 11.9 Å². The fourth-order valence-corrected chi connectivity index (χ4v) is 2.71. The Hall–Kier alpha value is -3.35. The number of hydrogen-bond acceptors (Lipinski definition) is 4. The maximum atomic E-state index is 12.3. The largest absolute Gasteiger partial charge is 0.494 e. The Bertz CT molecular complexity index is 925. The first kappa shape index (κ1) is 23.9. The standard InChI is InChI=1S/C24H31N3O4/c1-16(2)12-13-31-20-7-5-6-19(15-20)24(30)27-26-23(29)11-10-22(28)25-21-14-17(3)8-9-18(21)4/h5-9,14-16H,10-13H2,1-4H3,(H,25,28)(H,26,29)(H,27,30). The summed E-state index contributed by atoms with van der Waals surface area (Å²) in [6, 6.07) is 12.5. The predicted molar refractivity (Wildman–Crippen MR) is 121 cm³/mol. The number of amides is 3. The zero-order chi connectivity index (χ0) is 22.8. The Morgan fingerprint density at radius 1 is 0.935 bits per heavy atom. The van der Waals surface area contributed by atoms with Crippen molar-refractivity contribution in [3.8, 4) is 5.75 Å². The van der Waals surface area contributed by atoms with Crippen LogP contribution >= 0.6 is 0 Å². The van der Waals surface area contributed by atoms with Gasteiger partial charge in [0.25, 0.3) is 5.91 Å². The van der Waals surface area contributed by atoms with E-state index < -0.39 is 11.8 Å². The summed E-state index contributed by atoms with van der Waals surface area (Å²) in [5.74, 6) is -0.0370. The van der Waals surface area contributed by atoms with Gasteiger partial charge in [-0.2, -0.15) is 0 Å². The van der Waals surface area contributed by atoms with E-state index in [0.29, 0.717) is 23.8 Å². The number of carbonyl (C=O) groups excluding carboxylic acids is 3. The fraction of sp³-hybridized carbons (Fsp3) is 0.375. The molecular weight excluding hydrogens is 394 g/mol. The van der Waals surface area contributed by atoms with E-state index in [4.69, 9.17) is 4.74 Å². The van der Waals surface area contributed by atoms with Gasteiger partial charge in [0.2, 0.25) is 11.8 Å². The lowest BCUT2D eigenvalue weighted by atomic mass is 10.1. The summed E-state index contributed by atoms with van der Waals surface area (Å²) in [6.07, 6.45) is 0.882. The van der Waals surface area contributed by atoms with Crippen LogP contribution in [0.5, 0.6) is 5.75 Å². The molecule has 0 spiro atoms. The zero-order valence-corrected chi connectivity index (χ0v) is 18.6. The number of anilines is 1. The van der Waals surface area contributed by atoms with Gasteiger partial charge in [0.1, 0.15) is 5.75 Å². The summed E-state index contributed by atoms with van der Waals surface area (Å²) in [4.78, 5) is 36.4. The van der Waals surface area contributed by atoms with Crippen molar-refractivity contribution in [1.29, 1.82) is 0 Å². The molecule has 0 aliphatic rings. The average Bonchev–Trinajstić information content (AvgIpc) is 2.73. The minimum atomic E-state index is -0.456. The fourth-order valence-electron chi connectivity index (χ4n) is 2.71. The number of ether oxygens (including phenoxy) is 1. The van der Waals surface area contributed by atoms with E-state index in [2.05, 4.69) is 30.0 Å². The van der Waals surface area contributed by atoms with E-state index in [9.17, 15) is 14.4 Å². The molecule has 0 aromatic heterocycles. The lowest BCUT2D eigenvalue weighted by Gasteiger charge is -2.11. The van der Waals surface area contributed by atoms with E-state index in [1.807, 2.05) is 32.0 Å². The van der Waals surface area contributed by atoms with Crippen molar-refractivity contribution in [1.82, 2.24) is 10.9 Å². The van der Waals surface area contributed by atoms with Crippen molar-refractivity contribution in [3.05, 3.63) is 59.2 Å². The van der Waals surface area contributed by atoms with Gasteiger partial charge in [-0.1, -0.05) is 32.0 Å². The molecule has 2 aromatic rings. The van der Waals surface area contributed by atoms with Crippen LogP contribution in [0.1, 0.15) is 54.6 Å². The molecule has 0 bridgehead atoms. The molecule has 0 aliphatic carbocycles. The Kier molecular flexibility index (Phi) is 9.06. The molecule has 0 atom stereocenters. The van der Waals surface area contributed by atoms with Gasteiger partial charge in [-0.05, 0) is 61.6 Å². The molecule has 0 saturated carbocycles. The van der Waals surface area contributed by atoms with Gasteiger partial charge in [0, 0.05) is 24.1 Å². The lowest BCUT2D eigenvalue weighted by molar-refractivity contribution is -0.124. The average molecular weight is 426 g/mol. The van der Waals surface area contributed by atoms with Crippen molar-refractivity contribution in [2.24, 2.45) is 5.92 Å². The molecule has 2 rings (SSSR count).